The number of hydrogen-bond donors (Lipinski definition) is 2. The van der Waals surface area contributed by atoms with Gasteiger partial charge in [-0.15, -0.1) is 5.10 Å². The Kier molecular flexibility index (Phi) is 5.78. The highest BCUT2D eigenvalue weighted by Crippen LogP contribution is 2.52. The number of carbonyl (C=O) groups excluding carboxylic acids is 1. The third kappa shape index (κ3) is 3.69. The molecule has 5 rings (SSSR count). The summed E-state index contributed by atoms with van der Waals surface area (Å²) in [4.78, 5) is 15.0. The highest BCUT2D eigenvalue weighted by molar-refractivity contribution is 6.11. The van der Waals surface area contributed by atoms with Gasteiger partial charge in [-0.05, 0) is 64.3 Å². The largest absolute Gasteiger partial charge is 0.384 e. The molecule has 0 saturated heterocycles. The van der Waals surface area contributed by atoms with Crippen molar-refractivity contribution in [3.05, 3.63) is 58.5 Å². The fourth-order valence-corrected chi connectivity index (χ4v) is 5.83. The molecule has 2 heterocycles. The molecule has 1 aromatic heterocycles. The lowest BCUT2D eigenvalue weighted by atomic mass is 9.79. The normalized spacial score (nSPS) is 18.1. The van der Waals surface area contributed by atoms with E-state index in [-0.39, 0.29) is 11.5 Å². The van der Waals surface area contributed by atoms with Gasteiger partial charge in [-0.1, -0.05) is 25.0 Å². The van der Waals surface area contributed by atoms with E-state index in [9.17, 15) is 18.7 Å². The van der Waals surface area contributed by atoms with Crippen molar-refractivity contribution in [3.8, 4) is 0 Å². The van der Waals surface area contributed by atoms with Crippen molar-refractivity contribution in [1.29, 1.82) is 0 Å². The van der Waals surface area contributed by atoms with E-state index >= 15 is 4.39 Å². The monoisotopic (exact) mass is 512 g/mol. The second-order valence-electron chi connectivity index (χ2n) is 10.9. The van der Waals surface area contributed by atoms with E-state index in [1.165, 1.54) is 12.1 Å². The number of anilines is 2. The number of halogens is 3. The number of amides is 1. The van der Waals surface area contributed by atoms with Crippen molar-refractivity contribution >= 4 is 28.2 Å². The second kappa shape index (κ2) is 8.41. The maximum absolute atomic E-state index is 15.4. The van der Waals surface area contributed by atoms with Gasteiger partial charge in [-0.25, -0.2) is 4.39 Å². The Labute approximate surface area is 213 Å². The molecule has 1 aliphatic heterocycles. The van der Waals surface area contributed by atoms with Gasteiger partial charge in [0.2, 0.25) is 5.91 Å². The third-order valence-electron chi connectivity index (χ3n) is 8.08. The van der Waals surface area contributed by atoms with Crippen LogP contribution in [-0.4, -0.2) is 33.9 Å². The molecule has 2 aliphatic rings. The van der Waals surface area contributed by atoms with E-state index in [1.807, 2.05) is 19.1 Å². The quantitative estimate of drug-likeness (QED) is 0.445. The van der Waals surface area contributed by atoms with Gasteiger partial charge < -0.3 is 15.3 Å². The number of hydrogen-bond acceptors (Lipinski definition) is 5. The van der Waals surface area contributed by atoms with Crippen molar-refractivity contribution < 1.29 is 23.1 Å². The molecule has 6 nitrogen and oxygen atoms in total. The lowest BCUT2D eigenvalue weighted by Crippen LogP contribution is -2.41. The number of benzene rings is 2. The van der Waals surface area contributed by atoms with Crippen LogP contribution in [0.1, 0.15) is 74.9 Å². The summed E-state index contributed by atoms with van der Waals surface area (Å²) in [6.07, 6.45) is 3.65. The lowest BCUT2D eigenvalue weighted by Gasteiger charge is -2.30. The maximum atomic E-state index is 15.4. The number of alkyl halides is 2. The number of aliphatic hydroxyl groups is 1. The number of carbonyl (C=O) groups is 1. The first kappa shape index (κ1) is 25.4. The van der Waals surface area contributed by atoms with Gasteiger partial charge in [0, 0.05) is 29.1 Å². The maximum Gasteiger partial charge on any atom is 0.303 e. The molecule has 1 atom stereocenters. The van der Waals surface area contributed by atoms with Crippen LogP contribution in [0.5, 0.6) is 0 Å². The Hall–Kier alpha value is -3.20. The molecular weight excluding hydrogens is 481 g/mol. The molecule has 2 aromatic carbocycles. The second-order valence-corrected chi connectivity index (χ2v) is 10.9. The lowest BCUT2D eigenvalue weighted by molar-refractivity contribution is -0.170. The Morgan fingerprint density at radius 1 is 1.14 bits per heavy atom. The molecule has 1 spiro atoms. The number of likely N-dealkylation sites (N-methyl/N-ethyl adjacent to an activating group) is 1. The van der Waals surface area contributed by atoms with Crippen LogP contribution < -0.4 is 10.2 Å². The molecule has 3 aromatic rings. The summed E-state index contributed by atoms with van der Waals surface area (Å²) in [5, 5.41) is 23.2. The average Bonchev–Trinajstić information content (AvgIpc) is 3.40. The minimum Gasteiger partial charge on any atom is -0.384 e. The zero-order chi connectivity index (χ0) is 26.9. The molecule has 37 heavy (non-hydrogen) atoms. The zero-order valence-corrected chi connectivity index (χ0v) is 21.6. The van der Waals surface area contributed by atoms with Gasteiger partial charge in [-0.3, -0.25) is 4.79 Å². The first-order chi connectivity index (χ1) is 17.3. The van der Waals surface area contributed by atoms with Crippen LogP contribution in [0.15, 0.2) is 30.3 Å². The first-order valence-corrected chi connectivity index (χ1v) is 12.5. The zero-order valence-electron chi connectivity index (χ0n) is 21.6. The molecule has 0 radical (unpaired) electrons. The third-order valence-corrected chi connectivity index (χ3v) is 8.08. The topological polar surface area (TPSA) is 78.4 Å². The van der Waals surface area contributed by atoms with E-state index in [0.29, 0.717) is 16.9 Å². The van der Waals surface area contributed by atoms with E-state index in [1.54, 1.807) is 18.9 Å². The molecule has 0 unspecified atom stereocenters. The molecule has 1 fully saturated rings. The first-order valence-electron chi connectivity index (χ1n) is 12.5. The number of nitrogens with one attached hydrogen (secondary N) is 1. The van der Waals surface area contributed by atoms with Crippen LogP contribution in [0.2, 0.25) is 0 Å². The summed E-state index contributed by atoms with van der Waals surface area (Å²) in [5.74, 6) is -4.42. The Morgan fingerprint density at radius 2 is 1.81 bits per heavy atom. The predicted octanol–water partition coefficient (Wildman–Crippen LogP) is 5.90. The fourth-order valence-electron chi connectivity index (χ4n) is 5.83. The number of aryl methyl sites for hydroxylation is 1. The van der Waals surface area contributed by atoms with Crippen LogP contribution in [0.3, 0.4) is 0 Å². The molecule has 1 amide bonds. The molecule has 1 aliphatic carbocycles. The summed E-state index contributed by atoms with van der Waals surface area (Å²) in [6, 6.07) is 6.96. The summed E-state index contributed by atoms with van der Waals surface area (Å²) < 4.78 is 45.0. The van der Waals surface area contributed by atoms with Crippen LogP contribution >= 0.6 is 0 Å². The van der Waals surface area contributed by atoms with Gasteiger partial charge >= 0.3 is 5.92 Å². The van der Waals surface area contributed by atoms with Gasteiger partial charge in [0.15, 0.2) is 5.82 Å². The van der Waals surface area contributed by atoms with Crippen molar-refractivity contribution in [2.24, 2.45) is 0 Å². The van der Waals surface area contributed by atoms with Gasteiger partial charge in [0.05, 0.1) is 22.7 Å². The number of fused-ring (bicyclic) bond motifs is 3. The SMILES string of the molecule is Cc1nnc(N[C@H](C)c2cccc(C(F)(F)C(C)(C)O)c2F)c2cc3c(cc12)C1(CCCC1)C(=O)N3C. The summed E-state index contributed by atoms with van der Waals surface area (Å²) in [7, 11) is 1.78. The van der Waals surface area contributed by atoms with Crippen molar-refractivity contribution in [2.75, 3.05) is 17.3 Å². The minimum absolute atomic E-state index is 0.00955. The average molecular weight is 513 g/mol. The highest BCUT2D eigenvalue weighted by atomic mass is 19.3. The van der Waals surface area contributed by atoms with E-state index in [4.69, 9.17) is 0 Å². The smallest absolute Gasteiger partial charge is 0.303 e. The van der Waals surface area contributed by atoms with Gasteiger partial charge in [-0.2, -0.15) is 13.9 Å². The molecule has 2 N–H and O–H groups in total. The van der Waals surface area contributed by atoms with Crippen molar-refractivity contribution in [3.63, 3.8) is 0 Å². The Morgan fingerprint density at radius 3 is 2.46 bits per heavy atom. The highest BCUT2D eigenvalue weighted by Gasteiger charge is 2.51. The predicted molar refractivity (Wildman–Crippen MR) is 136 cm³/mol. The molecule has 0 bridgehead atoms. The number of aromatic nitrogens is 2. The van der Waals surface area contributed by atoms with Crippen LogP contribution in [-0.2, 0) is 16.1 Å². The fraction of sp³-hybridized carbons (Fsp3) is 0.464. The Bertz CT molecular complexity index is 1410. The van der Waals surface area contributed by atoms with Gasteiger partial charge in [0.25, 0.3) is 0 Å². The molecule has 196 valence electrons. The molecule has 9 heteroatoms. The van der Waals surface area contributed by atoms with Crippen LogP contribution in [0, 0.1) is 12.7 Å². The summed E-state index contributed by atoms with van der Waals surface area (Å²) in [6.45, 7) is 5.39. The van der Waals surface area contributed by atoms with Crippen molar-refractivity contribution in [2.45, 2.75) is 76.4 Å². The van der Waals surface area contributed by atoms with Gasteiger partial charge in [0.1, 0.15) is 11.4 Å². The minimum atomic E-state index is -3.79. The molecule has 1 saturated carbocycles. The Balaban J connectivity index is 1.57. The van der Waals surface area contributed by atoms with E-state index in [2.05, 4.69) is 15.5 Å². The van der Waals surface area contributed by atoms with E-state index in [0.717, 1.165) is 62.2 Å². The van der Waals surface area contributed by atoms with E-state index < -0.39 is 34.4 Å². The van der Waals surface area contributed by atoms with Crippen LogP contribution in [0.4, 0.5) is 24.7 Å². The number of nitrogens with zero attached hydrogens (tertiary/aromatic N) is 3. The summed E-state index contributed by atoms with van der Waals surface area (Å²) in [5.41, 5.74) is -1.27. The van der Waals surface area contributed by atoms with Crippen LogP contribution in [0.25, 0.3) is 10.8 Å². The number of rotatable bonds is 5. The standard InChI is InChI=1S/C28H31F3N4O2/c1-15(17-9-8-10-20(23(17)29)28(30,31)26(3,4)37)32-24-19-14-22-21(13-18(19)16(2)33-34-24)27(11-6-7-12-27)25(36)35(22)5/h8-10,13-15,37H,6-7,11-12H2,1-5H3,(H,32,34)/t15-/m1/s1. The molecular formula is C28H31F3N4O2. The van der Waals surface area contributed by atoms with Crippen molar-refractivity contribution in [1.82, 2.24) is 10.2 Å². The summed E-state index contributed by atoms with van der Waals surface area (Å²) >= 11 is 0.